The molecule has 1 aliphatic carbocycles. The molecule has 1 fully saturated rings. The summed E-state index contributed by atoms with van der Waals surface area (Å²) in [5, 5.41) is 3.22. The van der Waals surface area contributed by atoms with Crippen LogP contribution in [-0.2, 0) is 4.79 Å². The first-order valence-electron chi connectivity index (χ1n) is 6.71. The van der Waals surface area contributed by atoms with Gasteiger partial charge in [0.05, 0.1) is 6.54 Å². The summed E-state index contributed by atoms with van der Waals surface area (Å²) in [6.45, 7) is 6.44. The van der Waals surface area contributed by atoms with E-state index in [4.69, 9.17) is 5.73 Å². The Labute approximate surface area is 105 Å². The van der Waals surface area contributed by atoms with E-state index in [0.29, 0.717) is 12.5 Å². The molecule has 1 unspecified atom stereocenters. The van der Waals surface area contributed by atoms with Gasteiger partial charge < -0.3 is 16.0 Å². The molecule has 1 aliphatic rings. The van der Waals surface area contributed by atoms with Crippen molar-refractivity contribution in [2.45, 2.75) is 39.2 Å². The predicted octanol–water partition coefficient (Wildman–Crippen LogP) is 0.818. The zero-order valence-corrected chi connectivity index (χ0v) is 11.4. The summed E-state index contributed by atoms with van der Waals surface area (Å²) in [5.74, 6) is 1.47. The zero-order valence-electron chi connectivity index (χ0n) is 11.4. The minimum Gasteiger partial charge on any atom is -0.345 e. The Morgan fingerprint density at radius 1 is 1.47 bits per heavy atom. The lowest BCUT2D eigenvalue weighted by molar-refractivity contribution is -0.129. The van der Waals surface area contributed by atoms with Crippen molar-refractivity contribution in [3.8, 4) is 0 Å². The number of carbonyl (C=O) groups is 1. The molecule has 0 bridgehead atoms. The van der Waals surface area contributed by atoms with Gasteiger partial charge >= 0.3 is 0 Å². The lowest BCUT2D eigenvalue weighted by Crippen LogP contribution is -2.39. The summed E-state index contributed by atoms with van der Waals surface area (Å²) in [7, 11) is 1.86. The molecule has 17 heavy (non-hydrogen) atoms. The largest absolute Gasteiger partial charge is 0.345 e. The fraction of sp³-hybridized carbons (Fsp3) is 0.923. The standard InChI is InChI=1S/C13H27N3O/c1-10(2)12(14)6-7-16(3)13(17)9-15-8-11-4-5-11/h10-12,15H,4-9,14H2,1-3H3. The summed E-state index contributed by atoms with van der Waals surface area (Å²) >= 11 is 0. The monoisotopic (exact) mass is 241 g/mol. The molecule has 0 aromatic heterocycles. The van der Waals surface area contributed by atoms with Crippen LogP contribution in [-0.4, -0.2) is 43.5 Å². The molecular formula is C13H27N3O. The Bertz CT molecular complexity index is 239. The number of hydrogen-bond donors (Lipinski definition) is 2. The maximum atomic E-state index is 11.7. The maximum Gasteiger partial charge on any atom is 0.236 e. The second-order valence-corrected chi connectivity index (χ2v) is 5.59. The maximum absolute atomic E-state index is 11.7. The Kier molecular flexibility index (Phi) is 5.92. The molecular weight excluding hydrogens is 214 g/mol. The molecule has 1 rings (SSSR count). The Morgan fingerprint density at radius 2 is 2.12 bits per heavy atom. The van der Waals surface area contributed by atoms with Gasteiger partial charge in [-0.3, -0.25) is 4.79 Å². The third kappa shape index (κ3) is 6.03. The van der Waals surface area contributed by atoms with Crippen LogP contribution < -0.4 is 11.1 Å². The van der Waals surface area contributed by atoms with E-state index in [2.05, 4.69) is 19.2 Å². The highest BCUT2D eigenvalue weighted by atomic mass is 16.2. The number of amides is 1. The molecule has 0 saturated heterocycles. The fourth-order valence-electron chi connectivity index (χ4n) is 1.64. The van der Waals surface area contributed by atoms with E-state index in [1.807, 2.05) is 7.05 Å². The van der Waals surface area contributed by atoms with E-state index in [0.717, 1.165) is 25.4 Å². The molecule has 1 saturated carbocycles. The van der Waals surface area contributed by atoms with Crippen molar-refractivity contribution >= 4 is 5.91 Å². The van der Waals surface area contributed by atoms with Crippen molar-refractivity contribution in [2.75, 3.05) is 26.7 Å². The lowest BCUT2D eigenvalue weighted by atomic mass is 10.0. The molecule has 0 spiro atoms. The van der Waals surface area contributed by atoms with Crippen LogP contribution in [0.3, 0.4) is 0 Å². The normalized spacial score (nSPS) is 17.2. The number of rotatable bonds is 8. The smallest absolute Gasteiger partial charge is 0.236 e. The van der Waals surface area contributed by atoms with Crippen molar-refractivity contribution in [2.24, 2.45) is 17.6 Å². The fourth-order valence-corrected chi connectivity index (χ4v) is 1.64. The van der Waals surface area contributed by atoms with Crippen LogP contribution in [0, 0.1) is 11.8 Å². The molecule has 1 atom stereocenters. The quantitative estimate of drug-likeness (QED) is 0.661. The molecule has 0 aromatic rings. The average molecular weight is 241 g/mol. The van der Waals surface area contributed by atoms with E-state index in [-0.39, 0.29) is 11.9 Å². The number of nitrogens with two attached hydrogens (primary N) is 1. The van der Waals surface area contributed by atoms with Gasteiger partial charge in [0.1, 0.15) is 0 Å². The van der Waals surface area contributed by atoms with Gasteiger partial charge in [-0.25, -0.2) is 0 Å². The summed E-state index contributed by atoms with van der Waals surface area (Å²) < 4.78 is 0. The molecule has 4 nitrogen and oxygen atoms in total. The van der Waals surface area contributed by atoms with Crippen LogP contribution in [0.15, 0.2) is 0 Å². The molecule has 0 aromatic carbocycles. The highest BCUT2D eigenvalue weighted by Crippen LogP contribution is 2.27. The number of carbonyl (C=O) groups excluding carboxylic acids is 1. The van der Waals surface area contributed by atoms with Gasteiger partial charge in [0.25, 0.3) is 0 Å². The second kappa shape index (κ2) is 6.97. The zero-order chi connectivity index (χ0) is 12.8. The van der Waals surface area contributed by atoms with Gasteiger partial charge in [-0.2, -0.15) is 0 Å². The van der Waals surface area contributed by atoms with Crippen LogP contribution in [0.25, 0.3) is 0 Å². The summed E-state index contributed by atoms with van der Waals surface area (Å²) in [5.41, 5.74) is 5.96. The van der Waals surface area contributed by atoms with Gasteiger partial charge in [-0.1, -0.05) is 13.8 Å². The number of hydrogen-bond acceptors (Lipinski definition) is 3. The van der Waals surface area contributed by atoms with Crippen molar-refractivity contribution in [3.63, 3.8) is 0 Å². The molecule has 3 N–H and O–H groups in total. The van der Waals surface area contributed by atoms with Crippen LogP contribution in [0.2, 0.25) is 0 Å². The van der Waals surface area contributed by atoms with E-state index >= 15 is 0 Å². The van der Waals surface area contributed by atoms with Crippen molar-refractivity contribution in [1.82, 2.24) is 10.2 Å². The highest BCUT2D eigenvalue weighted by molar-refractivity contribution is 5.77. The first-order chi connectivity index (χ1) is 8.00. The third-order valence-corrected chi connectivity index (χ3v) is 3.49. The minimum absolute atomic E-state index is 0.168. The van der Waals surface area contributed by atoms with Crippen molar-refractivity contribution in [1.29, 1.82) is 0 Å². The molecule has 0 radical (unpaired) electrons. The Hall–Kier alpha value is -0.610. The van der Waals surface area contributed by atoms with Gasteiger partial charge in [0, 0.05) is 19.6 Å². The van der Waals surface area contributed by atoms with Gasteiger partial charge in [0.2, 0.25) is 5.91 Å². The van der Waals surface area contributed by atoms with Crippen LogP contribution in [0.4, 0.5) is 0 Å². The van der Waals surface area contributed by atoms with Gasteiger partial charge in [0.15, 0.2) is 0 Å². The molecule has 0 aliphatic heterocycles. The van der Waals surface area contributed by atoms with Crippen LogP contribution in [0.1, 0.15) is 33.1 Å². The number of nitrogens with zero attached hydrogens (tertiary/aromatic N) is 1. The first kappa shape index (κ1) is 14.5. The topological polar surface area (TPSA) is 58.4 Å². The summed E-state index contributed by atoms with van der Waals surface area (Å²) in [4.78, 5) is 13.5. The van der Waals surface area contributed by atoms with E-state index in [1.165, 1.54) is 12.8 Å². The van der Waals surface area contributed by atoms with Gasteiger partial charge in [-0.05, 0) is 37.6 Å². The Balaban J connectivity index is 2.07. The third-order valence-electron chi connectivity index (χ3n) is 3.49. The molecule has 4 heteroatoms. The molecule has 0 heterocycles. The van der Waals surface area contributed by atoms with Crippen LogP contribution in [0.5, 0.6) is 0 Å². The molecule has 1 amide bonds. The lowest BCUT2D eigenvalue weighted by Gasteiger charge is -2.21. The predicted molar refractivity (Wildman–Crippen MR) is 70.7 cm³/mol. The second-order valence-electron chi connectivity index (χ2n) is 5.59. The average Bonchev–Trinajstić information content (AvgIpc) is 3.08. The SMILES string of the molecule is CC(C)C(N)CCN(C)C(=O)CNCC1CC1. The summed E-state index contributed by atoms with van der Waals surface area (Å²) in [6, 6.07) is 0.185. The first-order valence-corrected chi connectivity index (χ1v) is 6.71. The van der Waals surface area contributed by atoms with Crippen molar-refractivity contribution < 1.29 is 4.79 Å². The highest BCUT2D eigenvalue weighted by Gasteiger charge is 2.21. The summed E-state index contributed by atoms with van der Waals surface area (Å²) in [6.07, 6.45) is 3.52. The van der Waals surface area contributed by atoms with E-state index < -0.39 is 0 Å². The van der Waals surface area contributed by atoms with E-state index in [1.54, 1.807) is 4.90 Å². The van der Waals surface area contributed by atoms with Gasteiger partial charge in [-0.15, -0.1) is 0 Å². The Morgan fingerprint density at radius 3 is 2.65 bits per heavy atom. The molecule has 100 valence electrons. The van der Waals surface area contributed by atoms with E-state index in [9.17, 15) is 4.79 Å². The minimum atomic E-state index is 0.168. The number of nitrogens with one attached hydrogen (secondary N) is 1. The van der Waals surface area contributed by atoms with Crippen molar-refractivity contribution in [3.05, 3.63) is 0 Å². The number of likely N-dealkylation sites (N-methyl/N-ethyl adjacent to an activating group) is 1. The van der Waals surface area contributed by atoms with Crippen LogP contribution >= 0.6 is 0 Å².